The van der Waals surface area contributed by atoms with Crippen LogP contribution in [-0.2, 0) is 11.2 Å². The van der Waals surface area contributed by atoms with E-state index in [1.165, 1.54) is 7.11 Å². The molecule has 1 heterocycles. The summed E-state index contributed by atoms with van der Waals surface area (Å²) in [7, 11) is 1.53. The van der Waals surface area contributed by atoms with Crippen molar-refractivity contribution in [2.75, 3.05) is 26.7 Å². The molecular formula is C22H24Cl2N2O3. The third kappa shape index (κ3) is 5.64. The second-order valence-corrected chi connectivity index (χ2v) is 7.95. The summed E-state index contributed by atoms with van der Waals surface area (Å²) in [5.41, 5.74) is 1.54. The lowest BCUT2D eigenvalue weighted by Gasteiger charge is -2.31. The number of benzene rings is 2. The molecule has 1 fully saturated rings. The highest BCUT2D eigenvalue weighted by Gasteiger charge is 2.28. The van der Waals surface area contributed by atoms with E-state index >= 15 is 0 Å². The van der Waals surface area contributed by atoms with Gasteiger partial charge < -0.3 is 15.0 Å². The van der Waals surface area contributed by atoms with E-state index in [-0.39, 0.29) is 17.7 Å². The van der Waals surface area contributed by atoms with E-state index in [1.54, 1.807) is 23.1 Å². The fraction of sp³-hybridized carbons (Fsp3) is 0.364. The fourth-order valence-electron chi connectivity index (χ4n) is 3.53. The Kier molecular flexibility index (Phi) is 7.40. The number of rotatable bonds is 6. The Bertz CT molecular complexity index is 880. The predicted molar refractivity (Wildman–Crippen MR) is 115 cm³/mol. The Morgan fingerprint density at radius 1 is 1.10 bits per heavy atom. The molecule has 1 aliphatic rings. The Labute approximate surface area is 180 Å². The predicted octanol–water partition coefficient (Wildman–Crippen LogP) is 4.21. The molecule has 3 rings (SSSR count). The van der Waals surface area contributed by atoms with Gasteiger partial charge in [0.15, 0.2) is 0 Å². The Morgan fingerprint density at radius 2 is 1.83 bits per heavy atom. The molecule has 154 valence electrons. The van der Waals surface area contributed by atoms with E-state index in [0.717, 1.165) is 12.0 Å². The zero-order valence-corrected chi connectivity index (χ0v) is 17.8. The molecule has 2 aromatic rings. The summed E-state index contributed by atoms with van der Waals surface area (Å²) in [5, 5.41) is 4.18. The van der Waals surface area contributed by atoms with E-state index in [4.69, 9.17) is 27.9 Å². The van der Waals surface area contributed by atoms with Gasteiger partial charge in [0.2, 0.25) is 5.91 Å². The zero-order chi connectivity index (χ0) is 20.8. The minimum Gasteiger partial charge on any atom is -0.496 e. The van der Waals surface area contributed by atoms with Crippen molar-refractivity contribution >= 4 is 35.0 Å². The molecule has 0 bridgehead atoms. The highest BCUT2D eigenvalue weighted by molar-refractivity contribution is 6.31. The van der Waals surface area contributed by atoms with E-state index in [9.17, 15) is 9.59 Å². The molecule has 2 aromatic carbocycles. The normalized spacial score (nSPS) is 14.5. The van der Waals surface area contributed by atoms with Gasteiger partial charge in [-0.05, 0) is 55.2 Å². The van der Waals surface area contributed by atoms with Gasteiger partial charge in [-0.2, -0.15) is 0 Å². The van der Waals surface area contributed by atoms with Crippen molar-refractivity contribution < 1.29 is 14.3 Å². The highest BCUT2D eigenvalue weighted by Crippen LogP contribution is 2.26. The lowest BCUT2D eigenvalue weighted by molar-refractivity contribution is -0.126. The number of carbonyl (C=O) groups excluding carboxylic acids is 2. The van der Waals surface area contributed by atoms with Crippen LogP contribution in [0.5, 0.6) is 5.75 Å². The molecule has 5 nitrogen and oxygen atoms in total. The molecule has 1 saturated heterocycles. The van der Waals surface area contributed by atoms with Gasteiger partial charge in [-0.15, -0.1) is 0 Å². The number of amides is 2. The molecule has 0 aromatic heterocycles. The lowest BCUT2D eigenvalue weighted by Crippen LogP contribution is -2.43. The molecule has 7 heteroatoms. The maximum atomic E-state index is 12.8. The zero-order valence-electron chi connectivity index (χ0n) is 16.3. The van der Waals surface area contributed by atoms with Gasteiger partial charge in [0.25, 0.3) is 5.91 Å². The van der Waals surface area contributed by atoms with Gasteiger partial charge in [-0.3, -0.25) is 9.59 Å². The number of piperidine rings is 1. The van der Waals surface area contributed by atoms with Crippen molar-refractivity contribution in [1.29, 1.82) is 0 Å². The first-order valence-corrected chi connectivity index (χ1v) is 10.4. The summed E-state index contributed by atoms with van der Waals surface area (Å²) < 4.78 is 5.28. The SMILES string of the molecule is COc1ccc(Cl)cc1C(=O)N1CCC(C(=O)NCCc2cccc(Cl)c2)CC1. The van der Waals surface area contributed by atoms with Crippen LogP contribution in [0.25, 0.3) is 0 Å². The van der Waals surface area contributed by atoms with Crippen molar-refractivity contribution in [3.8, 4) is 5.75 Å². The number of halogens is 2. The molecule has 0 spiro atoms. The second kappa shape index (κ2) is 9.99. The molecule has 0 aliphatic carbocycles. The van der Waals surface area contributed by atoms with E-state index in [0.29, 0.717) is 53.8 Å². The molecule has 2 amide bonds. The number of hydrogen-bond donors (Lipinski definition) is 1. The van der Waals surface area contributed by atoms with Crippen LogP contribution < -0.4 is 10.1 Å². The first kappa shape index (κ1) is 21.5. The van der Waals surface area contributed by atoms with Crippen molar-refractivity contribution in [1.82, 2.24) is 10.2 Å². The monoisotopic (exact) mass is 434 g/mol. The third-order valence-electron chi connectivity index (χ3n) is 5.15. The largest absolute Gasteiger partial charge is 0.496 e. The number of carbonyl (C=O) groups is 2. The van der Waals surface area contributed by atoms with Crippen molar-refractivity contribution in [3.63, 3.8) is 0 Å². The Hall–Kier alpha value is -2.24. The van der Waals surface area contributed by atoms with Gasteiger partial charge >= 0.3 is 0 Å². The molecule has 0 unspecified atom stereocenters. The number of nitrogens with one attached hydrogen (secondary N) is 1. The van der Waals surface area contributed by atoms with E-state index < -0.39 is 0 Å². The number of ether oxygens (including phenoxy) is 1. The Balaban J connectivity index is 1.49. The molecule has 0 atom stereocenters. The van der Waals surface area contributed by atoms with Gasteiger partial charge in [-0.25, -0.2) is 0 Å². The quantitative estimate of drug-likeness (QED) is 0.740. The maximum absolute atomic E-state index is 12.8. The molecule has 1 aliphatic heterocycles. The van der Waals surface area contributed by atoms with E-state index in [2.05, 4.69) is 5.32 Å². The van der Waals surface area contributed by atoms with Crippen molar-refractivity contribution in [3.05, 3.63) is 63.6 Å². The average Bonchev–Trinajstić information content (AvgIpc) is 2.73. The average molecular weight is 435 g/mol. The highest BCUT2D eigenvalue weighted by atomic mass is 35.5. The van der Waals surface area contributed by atoms with Crippen LogP contribution in [0.4, 0.5) is 0 Å². The second-order valence-electron chi connectivity index (χ2n) is 7.08. The van der Waals surface area contributed by atoms with E-state index in [1.807, 2.05) is 24.3 Å². The molecule has 29 heavy (non-hydrogen) atoms. The molecule has 0 radical (unpaired) electrons. The molecule has 1 N–H and O–H groups in total. The van der Waals surface area contributed by atoms with Crippen LogP contribution in [0.1, 0.15) is 28.8 Å². The van der Waals surface area contributed by atoms with Crippen LogP contribution in [0.3, 0.4) is 0 Å². The van der Waals surface area contributed by atoms with Crippen LogP contribution in [0.2, 0.25) is 10.0 Å². The van der Waals surface area contributed by atoms with Crippen LogP contribution in [0.15, 0.2) is 42.5 Å². The number of likely N-dealkylation sites (tertiary alicyclic amines) is 1. The summed E-state index contributed by atoms with van der Waals surface area (Å²) in [5.74, 6) is 0.337. The van der Waals surface area contributed by atoms with Crippen molar-refractivity contribution in [2.45, 2.75) is 19.3 Å². The van der Waals surface area contributed by atoms with Crippen LogP contribution >= 0.6 is 23.2 Å². The van der Waals surface area contributed by atoms with Crippen LogP contribution in [-0.4, -0.2) is 43.5 Å². The minimum atomic E-state index is -0.121. The molecule has 0 saturated carbocycles. The third-order valence-corrected chi connectivity index (χ3v) is 5.62. The summed E-state index contributed by atoms with van der Waals surface area (Å²) in [4.78, 5) is 27.1. The molecular weight excluding hydrogens is 411 g/mol. The number of nitrogens with zero attached hydrogens (tertiary/aromatic N) is 1. The standard InChI is InChI=1S/C22H24Cl2N2O3/c1-29-20-6-5-18(24)14-19(20)22(28)26-11-8-16(9-12-26)21(27)25-10-7-15-3-2-4-17(23)13-15/h2-6,13-14,16H,7-12H2,1H3,(H,25,27). The lowest BCUT2D eigenvalue weighted by atomic mass is 9.95. The smallest absolute Gasteiger partial charge is 0.257 e. The van der Waals surface area contributed by atoms with Gasteiger partial charge in [-0.1, -0.05) is 35.3 Å². The van der Waals surface area contributed by atoms with Crippen molar-refractivity contribution in [2.24, 2.45) is 5.92 Å². The fourth-order valence-corrected chi connectivity index (χ4v) is 3.91. The number of hydrogen-bond acceptors (Lipinski definition) is 3. The maximum Gasteiger partial charge on any atom is 0.257 e. The van der Waals surface area contributed by atoms with Gasteiger partial charge in [0.05, 0.1) is 12.7 Å². The minimum absolute atomic E-state index is 0.0412. The Morgan fingerprint density at radius 3 is 2.52 bits per heavy atom. The first-order chi connectivity index (χ1) is 14.0. The summed E-state index contributed by atoms with van der Waals surface area (Å²) in [6.45, 7) is 1.62. The van der Waals surface area contributed by atoms with Gasteiger partial charge in [0, 0.05) is 35.6 Å². The first-order valence-electron chi connectivity index (χ1n) is 9.63. The topological polar surface area (TPSA) is 58.6 Å². The summed E-state index contributed by atoms with van der Waals surface area (Å²) in [6.07, 6.45) is 2.01. The summed E-state index contributed by atoms with van der Waals surface area (Å²) >= 11 is 12.0. The summed E-state index contributed by atoms with van der Waals surface area (Å²) in [6, 6.07) is 12.6. The van der Waals surface area contributed by atoms with Gasteiger partial charge in [0.1, 0.15) is 5.75 Å². The number of methoxy groups -OCH3 is 1. The van der Waals surface area contributed by atoms with Crippen LogP contribution in [0, 0.1) is 5.92 Å².